The molecule has 0 saturated carbocycles. The fraction of sp³-hybridized carbons (Fsp3) is 0.115. The second kappa shape index (κ2) is 33.0. The van der Waals surface area contributed by atoms with Crippen LogP contribution >= 0.6 is 0 Å². The topological polar surface area (TPSA) is 40.3 Å². The van der Waals surface area contributed by atoms with Gasteiger partial charge in [0, 0.05) is 30.7 Å². The van der Waals surface area contributed by atoms with Crippen molar-refractivity contribution in [3.05, 3.63) is 343 Å². The molecule has 7 aromatic carbocycles. The molecular weight excluding hydrogens is 993 g/mol. The van der Waals surface area contributed by atoms with Gasteiger partial charge in [-0.15, -0.1) is 13.2 Å². The van der Waals surface area contributed by atoms with E-state index in [1.807, 2.05) is 87.6 Å². The van der Waals surface area contributed by atoms with E-state index in [0.29, 0.717) is 0 Å². The molecule has 4 heteroatoms. The highest BCUT2D eigenvalue weighted by molar-refractivity contribution is 6.19. The molecule has 0 aliphatic carbocycles. The van der Waals surface area contributed by atoms with Crippen LogP contribution in [-0.4, -0.2) is 29.7 Å². The first-order valence-electron chi connectivity index (χ1n) is 28.0. The number of rotatable bonds is 17. The molecule has 410 valence electrons. The third kappa shape index (κ3) is 16.4. The number of benzene rings is 7. The van der Waals surface area contributed by atoms with E-state index >= 15 is 0 Å². The number of aliphatic imine (C=N–C) groups is 3. The number of allylic oxidation sites excluding steroid dienone is 20. The molecule has 0 atom stereocenters. The molecule has 4 nitrogen and oxygen atoms in total. The van der Waals surface area contributed by atoms with Crippen LogP contribution in [0, 0.1) is 6.92 Å². The van der Waals surface area contributed by atoms with Gasteiger partial charge in [-0.2, -0.15) is 0 Å². The highest BCUT2D eigenvalue weighted by Crippen LogP contribution is 2.42. The molecule has 0 aromatic heterocycles. The summed E-state index contributed by atoms with van der Waals surface area (Å²) in [6, 6.07) is 55.7. The Morgan fingerprint density at radius 2 is 1.15 bits per heavy atom. The zero-order valence-electron chi connectivity index (χ0n) is 49.2. The second-order valence-corrected chi connectivity index (χ2v) is 19.0. The van der Waals surface area contributed by atoms with Gasteiger partial charge in [0.1, 0.15) is 5.84 Å². The van der Waals surface area contributed by atoms with Crippen molar-refractivity contribution in [1.82, 2.24) is 4.90 Å². The maximum Gasteiger partial charge on any atom is 0.145 e. The molecule has 0 amide bonds. The summed E-state index contributed by atoms with van der Waals surface area (Å²) in [5, 5.41) is 4.91. The summed E-state index contributed by atoms with van der Waals surface area (Å²) in [6.07, 6.45) is 42.0. The number of hydrogen-bond acceptors (Lipinski definition) is 4. The minimum atomic E-state index is 0.766. The molecule has 82 heavy (non-hydrogen) atoms. The average Bonchev–Trinajstić information content (AvgIpc) is 2.20. The molecule has 1 heterocycles. The van der Waals surface area contributed by atoms with Gasteiger partial charge in [0.2, 0.25) is 0 Å². The number of amidine groups is 1. The van der Waals surface area contributed by atoms with Crippen molar-refractivity contribution in [1.29, 1.82) is 0 Å². The lowest BCUT2D eigenvalue weighted by Crippen LogP contribution is -2.26. The van der Waals surface area contributed by atoms with Crippen LogP contribution in [0.4, 0.5) is 0 Å². The van der Waals surface area contributed by atoms with Gasteiger partial charge in [-0.3, -0.25) is 9.98 Å². The smallest absolute Gasteiger partial charge is 0.145 e. The molecule has 0 N–H and O–H groups in total. The molecule has 0 saturated heterocycles. The Kier molecular flexibility index (Phi) is 24.7. The Morgan fingerprint density at radius 3 is 1.74 bits per heavy atom. The summed E-state index contributed by atoms with van der Waals surface area (Å²) < 4.78 is 0. The van der Waals surface area contributed by atoms with Crippen molar-refractivity contribution in [2.24, 2.45) is 15.0 Å². The van der Waals surface area contributed by atoms with E-state index in [1.165, 1.54) is 43.8 Å². The predicted molar refractivity (Wildman–Crippen MR) is 363 cm³/mol. The van der Waals surface area contributed by atoms with Gasteiger partial charge in [-0.05, 0) is 150 Å². The molecule has 8 rings (SSSR count). The first-order chi connectivity index (χ1) is 40.2. The van der Waals surface area contributed by atoms with Crippen molar-refractivity contribution >= 4 is 56.2 Å². The SMILES string of the molecule is C/C=C\C=C/C/C=C(\c1ccccc1)N1\C=C/C=C\C(=C\C=NC)N=C1c1ccc(-c2c3ccccc3c(C(/C=C\C=C\C)=C/C)c3ccccc23)cc1.C=C.C=C(/C=C\C=C/C)/C(N=C(C)c1ccccc1C)=C(/C)c1ccccc1. The summed E-state index contributed by atoms with van der Waals surface area (Å²) in [5.74, 6) is 0.821. The highest BCUT2D eigenvalue weighted by atomic mass is 15.2. The van der Waals surface area contributed by atoms with Crippen LogP contribution < -0.4 is 0 Å². The van der Waals surface area contributed by atoms with E-state index in [9.17, 15) is 0 Å². The molecule has 0 spiro atoms. The van der Waals surface area contributed by atoms with Gasteiger partial charge in [-0.1, -0.05) is 255 Å². The van der Waals surface area contributed by atoms with Crippen LogP contribution in [0.2, 0.25) is 0 Å². The Balaban J connectivity index is 0.000000323. The molecule has 1 aliphatic rings. The van der Waals surface area contributed by atoms with Crippen molar-refractivity contribution in [3.8, 4) is 11.1 Å². The van der Waals surface area contributed by atoms with E-state index in [1.54, 1.807) is 13.3 Å². The third-order valence-corrected chi connectivity index (χ3v) is 13.5. The Morgan fingerprint density at radius 1 is 0.598 bits per heavy atom. The van der Waals surface area contributed by atoms with Crippen LogP contribution in [0.5, 0.6) is 0 Å². The summed E-state index contributed by atoms with van der Waals surface area (Å²) in [7, 11) is 1.77. The van der Waals surface area contributed by atoms with Crippen LogP contribution in [0.15, 0.2) is 325 Å². The maximum atomic E-state index is 5.29. The number of aryl methyl sites for hydroxylation is 1. The lowest BCUT2D eigenvalue weighted by Gasteiger charge is -2.27. The van der Waals surface area contributed by atoms with Crippen molar-refractivity contribution in [2.45, 2.75) is 54.9 Å². The molecule has 0 fully saturated rings. The molecule has 0 bridgehead atoms. The molecule has 0 radical (unpaired) electrons. The van der Waals surface area contributed by atoms with Gasteiger partial charge < -0.3 is 4.90 Å². The minimum Gasteiger partial charge on any atom is -0.301 e. The van der Waals surface area contributed by atoms with Crippen molar-refractivity contribution in [3.63, 3.8) is 0 Å². The van der Waals surface area contributed by atoms with Gasteiger partial charge in [0.25, 0.3) is 0 Å². The highest BCUT2D eigenvalue weighted by Gasteiger charge is 2.21. The van der Waals surface area contributed by atoms with Crippen LogP contribution in [0.25, 0.3) is 49.5 Å². The van der Waals surface area contributed by atoms with Crippen LogP contribution in [0.1, 0.15) is 81.3 Å². The Bertz CT molecular complexity index is 3700. The number of nitrogens with zero attached hydrogens (tertiary/aromatic N) is 4. The van der Waals surface area contributed by atoms with Crippen LogP contribution in [0.3, 0.4) is 0 Å². The minimum absolute atomic E-state index is 0.766. The van der Waals surface area contributed by atoms with E-state index in [2.05, 4.69) is 264 Å². The zero-order valence-corrected chi connectivity index (χ0v) is 49.2. The van der Waals surface area contributed by atoms with E-state index < -0.39 is 0 Å². The summed E-state index contributed by atoms with van der Waals surface area (Å²) >= 11 is 0. The largest absolute Gasteiger partial charge is 0.301 e. The van der Waals surface area contributed by atoms with Gasteiger partial charge in [0.15, 0.2) is 0 Å². The predicted octanol–water partition coefficient (Wildman–Crippen LogP) is 21.2. The van der Waals surface area contributed by atoms with Gasteiger partial charge in [0.05, 0.1) is 17.1 Å². The Labute approximate surface area is 489 Å². The first kappa shape index (κ1) is 61.4. The lowest BCUT2D eigenvalue weighted by atomic mass is 9.85. The normalized spacial score (nSPS) is 15.1. The van der Waals surface area contributed by atoms with Crippen molar-refractivity contribution in [2.75, 3.05) is 7.05 Å². The van der Waals surface area contributed by atoms with Gasteiger partial charge in [-0.25, -0.2) is 4.99 Å². The van der Waals surface area contributed by atoms with E-state index in [4.69, 9.17) is 9.98 Å². The standard InChI is InChI=1S/C51H47N3.C25H27N.C2H4/c1-5-8-10-11-16-31-48(40-24-14-12-15-25-40)54-38-22-21-26-43(36-37-52-4)53-51(54)42-34-32-41(33-35-42)50-46-29-19-17-27-44(46)49(39(7-3)23-13-9-6-2)45-28-18-20-30-47(45)50;1-6-7-9-15-20(3)25(21(4)23-16-10-8-11-17-23)26-22(5)24-18-13-12-14-19(24)2;1-2/h5-15,17-38H,16H2,1-4H3;6-18H,3H2,1-2,4-5H3;1-2H2/b8-5-,9-6+,11-10-,23-13-,26-21-,38-22-,39-7+,43-36-,48-31+,52-37?,53-51?;7-6-,15-9-,25-21+,26-22?;. The average molecular weight is 1070 g/mol. The quantitative estimate of drug-likeness (QED) is 0.0388. The first-order valence-corrected chi connectivity index (χ1v) is 28.0. The Hall–Kier alpha value is -9.77. The van der Waals surface area contributed by atoms with E-state index in [-0.39, 0.29) is 0 Å². The molecular formula is C78H78N4. The zero-order chi connectivity index (χ0) is 58.5. The van der Waals surface area contributed by atoms with Crippen molar-refractivity contribution < 1.29 is 0 Å². The molecule has 7 aromatic rings. The fourth-order valence-corrected chi connectivity index (χ4v) is 9.55. The maximum absolute atomic E-state index is 5.29. The fourth-order valence-electron chi connectivity index (χ4n) is 9.55. The lowest BCUT2D eigenvalue weighted by molar-refractivity contribution is 0.783. The van der Waals surface area contributed by atoms with Gasteiger partial charge >= 0.3 is 0 Å². The monoisotopic (exact) mass is 1070 g/mol. The summed E-state index contributed by atoms with van der Waals surface area (Å²) in [5.41, 5.74) is 16.3. The summed E-state index contributed by atoms with van der Waals surface area (Å²) in [4.78, 5) is 16.7. The molecule has 0 unspecified atom stereocenters. The summed E-state index contributed by atoms with van der Waals surface area (Å²) in [6.45, 7) is 24.7. The third-order valence-electron chi connectivity index (χ3n) is 13.5. The van der Waals surface area contributed by atoms with E-state index in [0.717, 1.165) is 74.0 Å². The van der Waals surface area contributed by atoms with Crippen LogP contribution in [-0.2, 0) is 0 Å². The molecule has 1 aliphatic heterocycles. The number of fused-ring (bicyclic) bond motifs is 2. The number of hydrogen-bond donors (Lipinski definition) is 0. The second-order valence-electron chi connectivity index (χ2n) is 19.0.